The number of hydrogen-bond acceptors (Lipinski definition) is 3. The quantitative estimate of drug-likeness (QED) is 0.841. The van der Waals surface area contributed by atoms with Crippen LogP contribution in [0.3, 0.4) is 0 Å². The van der Waals surface area contributed by atoms with Crippen molar-refractivity contribution >= 4 is 11.3 Å². The number of benzene rings is 1. The van der Waals surface area contributed by atoms with E-state index in [4.69, 9.17) is 0 Å². The highest BCUT2D eigenvalue weighted by Gasteiger charge is 2.25. The third-order valence-corrected chi connectivity index (χ3v) is 4.99. The zero-order valence-corrected chi connectivity index (χ0v) is 12.4. The third kappa shape index (κ3) is 2.58. The minimum Gasteiger partial charge on any atom is -0.293 e. The van der Waals surface area contributed by atoms with Gasteiger partial charge in [-0.15, -0.1) is 11.3 Å². The molecule has 1 aromatic carbocycles. The van der Waals surface area contributed by atoms with Gasteiger partial charge >= 0.3 is 0 Å². The molecule has 0 fully saturated rings. The highest BCUT2D eigenvalue weighted by molar-refractivity contribution is 7.09. The molecule has 3 heteroatoms. The van der Waals surface area contributed by atoms with Gasteiger partial charge in [-0.2, -0.15) is 0 Å². The average molecular weight is 272 g/mol. The summed E-state index contributed by atoms with van der Waals surface area (Å²) >= 11 is 1.78. The van der Waals surface area contributed by atoms with Crippen molar-refractivity contribution in [1.82, 2.24) is 9.88 Å². The van der Waals surface area contributed by atoms with Crippen molar-refractivity contribution < 1.29 is 0 Å². The van der Waals surface area contributed by atoms with Crippen molar-refractivity contribution in [2.45, 2.75) is 38.8 Å². The minimum absolute atomic E-state index is 0.558. The summed E-state index contributed by atoms with van der Waals surface area (Å²) in [5, 5.41) is 3.45. The number of aryl methyl sites for hydroxylation is 2. The number of aromatic nitrogens is 1. The second kappa shape index (κ2) is 5.43. The zero-order valence-electron chi connectivity index (χ0n) is 11.6. The number of rotatable bonds is 4. The van der Waals surface area contributed by atoms with Crippen LogP contribution in [0.4, 0.5) is 0 Å². The lowest BCUT2D eigenvalue weighted by Gasteiger charge is -2.24. The fourth-order valence-electron chi connectivity index (χ4n) is 2.94. The molecule has 0 amide bonds. The standard InChI is InChI=1S/C16H20N2S/c1-3-16-17-13(11-19-16)10-18(2)15-9-8-12-6-4-5-7-14(12)15/h4-7,11,15H,3,8-10H2,1-2H3. The number of hydrogen-bond donors (Lipinski definition) is 0. The summed E-state index contributed by atoms with van der Waals surface area (Å²) in [6, 6.07) is 9.41. The first-order chi connectivity index (χ1) is 9.28. The van der Waals surface area contributed by atoms with Crippen LogP contribution in [0.2, 0.25) is 0 Å². The molecular formula is C16H20N2S. The van der Waals surface area contributed by atoms with Gasteiger partial charge in [-0.1, -0.05) is 31.2 Å². The van der Waals surface area contributed by atoms with Crippen LogP contribution < -0.4 is 0 Å². The maximum atomic E-state index is 4.67. The lowest BCUT2D eigenvalue weighted by atomic mass is 10.1. The van der Waals surface area contributed by atoms with E-state index in [0.29, 0.717) is 6.04 Å². The van der Waals surface area contributed by atoms with E-state index < -0.39 is 0 Å². The van der Waals surface area contributed by atoms with Gasteiger partial charge in [0.25, 0.3) is 0 Å². The van der Waals surface area contributed by atoms with Gasteiger partial charge in [0, 0.05) is 18.0 Å². The Kier molecular flexibility index (Phi) is 3.67. The third-order valence-electron chi connectivity index (χ3n) is 3.95. The predicted molar refractivity (Wildman–Crippen MR) is 80.5 cm³/mol. The van der Waals surface area contributed by atoms with Crippen LogP contribution >= 0.6 is 11.3 Å². The van der Waals surface area contributed by atoms with Crippen LogP contribution in [0.15, 0.2) is 29.6 Å². The molecule has 100 valence electrons. The Morgan fingerprint density at radius 1 is 1.37 bits per heavy atom. The average Bonchev–Trinajstić information content (AvgIpc) is 3.04. The highest BCUT2D eigenvalue weighted by Crippen LogP contribution is 2.35. The largest absolute Gasteiger partial charge is 0.293 e. The van der Waals surface area contributed by atoms with Gasteiger partial charge in [0.2, 0.25) is 0 Å². The van der Waals surface area contributed by atoms with E-state index in [1.54, 1.807) is 11.3 Å². The van der Waals surface area contributed by atoms with Gasteiger partial charge < -0.3 is 0 Å². The molecule has 1 atom stereocenters. The van der Waals surface area contributed by atoms with Gasteiger partial charge in [-0.25, -0.2) is 4.98 Å². The maximum absolute atomic E-state index is 4.67. The molecule has 2 aromatic rings. The smallest absolute Gasteiger partial charge is 0.0926 e. The minimum atomic E-state index is 0.558. The summed E-state index contributed by atoms with van der Waals surface area (Å²) in [7, 11) is 2.22. The number of thiazole rings is 1. The zero-order chi connectivity index (χ0) is 13.2. The molecule has 0 bridgehead atoms. The molecule has 0 saturated heterocycles. The van der Waals surface area contributed by atoms with Gasteiger partial charge in [0.15, 0.2) is 0 Å². The van der Waals surface area contributed by atoms with Crippen LogP contribution in [-0.2, 0) is 19.4 Å². The Morgan fingerprint density at radius 3 is 3.00 bits per heavy atom. The second-order valence-electron chi connectivity index (χ2n) is 5.25. The van der Waals surface area contributed by atoms with Gasteiger partial charge in [-0.3, -0.25) is 4.90 Å². The molecule has 1 heterocycles. The fraction of sp³-hybridized carbons (Fsp3) is 0.438. The highest BCUT2D eigenvalue weighted by atomic mass is 32.1. The van der Waals surface area contributed by atoms with E-state index in [-0.39, 0.29) is 0 Å². The lowest BCUT2D eigenvalue weighted by molar-refractivity contribution is 0.233. The van der Waals surface area contributed by atoms with E-state index in [1.165, 1.54) is 34.7 Å². The van der Waals surface area contributed by atoms with Crippen molar-refractivity contribution in [1.29, 1.82) is 0 Å². The first kappa shape index (κ1) is 12.8. The molecule has 0 N–H and O–H groups in total. The molecule has 3 rings (SSSR count). The van der Waals surface area contributed by atoms with E-state index in [0.717, 1.165) is 13.0 Å². The molecule has 1 aromatic heterocycles. The number of fused-ring (bicyclic) bond motifs is 1. The molecule has 1 aliphatic carbocycles. The van der Waals surface area contributed by atoms with E-state index in [9.17, 15) is 0 Å². The Bertz CT molecular complexity index is 561. The van der Waals surface area contributed by atoms with Crippen LogP contribution in [0.1, 0.15) is 41.2 Å². The molecule has 0 radical (unpaired) electrons. The molecule has 0 saturated carbocycles. The molecular weight excluding hydrogens is 252 g/mol. The first-order valence-electron chi connectivity index (χ1n) is 6.99. The molecule has 1 aliphatic rings. The Morgan fingerprint density at radius 2 is 2.21 bits per heavy atom. The van der Waals surface area contributed by atoms with E-state index >= 15 is 0 Å². The maximum Gasteiger partial charge on any atom is 0.0926 e. The van der Waals surface area contributed by atoms with Crippen LogP contribution in [0.25, 0.3) is 0 Å². The van der Waals surface area contributed by atoms with Gasteiger partial charge in [0.05, 0.1) is 10.7 Å². The molecule has 0 spiro atoms. The second-order valence-corrected chi connectivity index (χ2v) is 6.20. The fourth-order valence-corrected chi connectivity index (χ4v) is 3.68. The monoisotopic (exact) mass is 272 g/mol. The van der Waals surface area contributed by atoms with Gasteiger partial charge in [0.1, 0.15) is 0 Å². The summed E-state index contributed by atoms with van der Waals surface area (Å²) in [6.07, 6.45) is 3.49. The van der Waals surface area contributed by atoms with Crippen molar-refractivity contribution in [3.8, 4) is 0 Å². The summed E-state index contributed by atoms with van der Waals surface area (Å²) in [5.41, 5.74) is 4.25. The van der Waals surface area contributed by atoms with Crippen molar-refractivity contribution in [3.05, 3.63) is 51.5 Å². The van der Waals surface area contributed by atoms with Crippen LogP contribution in [0.5, 0.6) is 0 Å². The lowest BCUT2D eigenvalue weighted by Crippen LogP contribution is -2.22. The summed E-state index contributed by atoms with van der Waals surface area (Å²) in [6.45, 7) is 3.12. The van der Waals surface area contributed by atoms with Crippen molar-refractivity contribution in [2.75, 3.05) is 7.05 Å². The van der Waals surface area contributed by atoms with Crippen molar-refractivity contribution in [3.63, 3.8) is 0 Å². The van der Waals surface area contributed by atoms with Crippen molar-refractivity contribution in [2.24, 2.45) is 0 Å². The number of nitrogens with zero attached hydrogens (tertiary/aromatic N) is 2. The SMILES string of the molecule is CCc1nc(CN(C)C2CCc3ccccc32)cs1. The summed E-state index contributed by atoms with van der Waals surface area (Å²) < 4.78 is 0. The van der Waals surface area contributed by atoms with Gasteiger partial charge in [-0.05, 0) is 37.4 Å². The Labute approximate surface area is 119 Å². The molecule has 0 aliphatic heterocycles. The van der Waals surface area contributed by atoms with E-state index in [2.05, 4.69) is 53.5 Å². The predicted octanol–water partition coefficient (Wildman–Crippen LogP) is 3.82. The topological polar surface area (TPSA) is 16.1 Å². The molecule has 1 unspecified atom stereocenters. The van der Waals surface area contributed by atoms with Crippen LogP contribution in [0, 0.1) is 0 Å². The molecule has 2 nitrogen and oxygen atoms in total. The molecule has 19 heavy (non-hydrogen) atoms. The summed E-state index contributed by atoms with van der Waals surface area (Å²) in [5.74, 6) is 0. The first-order valence-corrected chi connectivity index (χ1v) is 7.87. The Balaban J connectivity index is 1.73. The Hall–Kier alpha value is -1.19. The normalized spacial score (nSPS) is 17.9. The van der Waals surface area contributed by atoms with E-state index in [1.807, 2.05) is 0 Å². The summed E-state index contributed by atoms with van der Waals surface area (Å²) in [4.78, 5) is 7.12. The van der Waals surface area contributed by atoms with Crippen LogP contribution in [-0.4, -0.2) is 16.9 Å².